The zero-order valence-corrected chi connectivity index (χ0v) is 16.6. The van der Waals surface area contributed by atoms with E-state index in [-0.39, 0.29) is 12.5 Å². The van der Waals surface area contributed by atoms with Gasteiger partial charge in [-0.05, 0) is 41.3 Å². The predicted octanol–water partition coefficient (Wildman–Crippen LogP) is 5.04. The van der Waals surface area contributed by atoms with Crippen LogP contribution in [0, 0.1) is 0 Å². The van der Waals surface area contributed by atoms with Gasteiger partial charge < -0.3 is 14.5 Å². The number of rotatable bonds is 6. The number of anilines is 1. The molecule has 0 bridgehead atoms. The summed E-state index contributed by atoms with van der Waals surface area (Å²) >= 11 is 0. The molecule has 4 aromatic rings. The number of amides is 1. The lowest BCUT2D eigenvalue weighted by atomic mass is 10.0. The average Bonchev–Trinajstić information content (AvgIpc) is 2.78. The summed E-state index contributed by atoms with van der Waals surface area (Å²) in [7, 11) is 0. The fourth-order valence-electron chi connectivity index (χ4n) is 3.38. The lowest BCUT2D eigenvalue weighted by Gasteiger charge is -2.11. The monoisotopic (exact) mass is 399 g/mol. The van der Waals surface area contributed by atoms with E-state index in [9.17, 15) is 9.59 Å². The van der Waals surface area contributed by atoms with Crippen molar-refractivity contribution in [1.29, 1.82) is 0 Å². The third-order valence-corrected chi connectivity index (χ3v) is 4.84. The second kappa shape index (κ2) is 8.66. The molecular weight excluding hydrogens is 378 g/mol. The van der Waals surface area contributed by atoms with Crippen LogP contribution in [0.5, 0.6) is 5.75 Å². The standard InChI is InChI=1S/C25H21NO4/c1-2-17-8-6-7-11-22(17)26-24(27)16-29-19-12-13-20-21(18-9-4-3-5-10-18)15-25(28)30-23(20)14-19/h3-15H,2,16H2,1H3,(H,26,27). The summed E-state index contributed by atoms with van der Waals surface area (Å²) in [5, 5.41) is 3.67. The van der Waals surface area contributed by atoms with E-state index >= 15 is 0 Å². The fraction of sp³-hybridized carbons (Fsp3) is 0.120. The molecule has 1 heterocycles. The maximum absolute atomic E-state index is 12.3. The Morgan fingerprint density at radius 2 is 1.73 bits per heavy atom. The molecule has 0 saturated heterocycles. The highest BCUT2D eigenvalue weighted by Crippen LogP contribution is 2.29. The molecule has 150 valence electrons. The van der Waals surface area contributed by atoms with Crippen LogP contribution >= 0.6 is 0 Å². The Hall–Kier alpha value is -3.86. The summed E-state index contributed by atoms with van der Waals surface area (Å²) in [6.07, 6.45) is 0.824. The molecule has 0 spiro atoms. The van der Waals surface area contributed by atoms with Gasteiger partial charge in [-0.2, -0.15) is 0 Å². The Kier molecular flexibility index (Phi) is 5.61. The van der Waals surface area contributed by atoms with E-state index in [0.29, 0.717) is 11.3 Å². The number of hydrogen-bond acceptors (Lipinski definition) is 4. The SMILES string of the molecule is CCc1ccccc1NC(=O)COc1ccc2c(-c3ccccc3)cc(=O)oc2c1. The van der Waals surface area contributed by atoms with Crippen molar-refractivity contribution in [2.75, 3.05) is 11.9 Å². The van der Waals surface area contributed by atoms with Crippen molar-refractivity contribution < 1.29 is 13.9 Å². The molecule has 30 heavy (non-hydrogen) atoms. The van der Waals surface area contributed by atoms with Crippen molar-refractivity contribution in [2.24, 2.45) is 0 Å². The van der Waals surface area contributed by atoms with Crippen LogP contribution in [-0.4, -0.2) is 12.5 Å². The molecule has 1 amide bonds. The van der Waals surface area contributed by atoms with Crippen molar-refractivity contribution in [3.05, 3.63) is 94.8 Å². The normalized spacial score (nSPS) is 10.7. The summed E-state index contributed by atoms with van der Waals surface area (Å²) in [5.41, 5.74) is 3.54. The Labute approximate surface area is 173 Å². The summed E-state index contributed by atoms with van der Waals surface area (Å²) in [5.74, 6) is 0.199. The highest BCUT2D eigenvalue weighted by Gasteiger charge is 2.11. The zero-order chi connectivity index (χ0) is 20.9. The lowest BCUT2D eigenvalue weighted by Crippen LogP contribution is -2.20. The number of aryl methyl sites for hydroxylation is 1. The van der Waals surface area contributed by atoms with Crippen molar-refractivity contribution in [3.8, 4) is 16.9 Å². The van der Waals surface area contributed by atoms with Gasteiger partial charge in [0.2, 0.25) is 0 Å². The van der Waals surface area contributed by atoms with E-state index in [0.717, 1.165) is 34.2 Å². The first kappa shape index (κ1) is 19.5. The molecule has 5 heteroatoms. The molecule has 4 rings (SSSR count). The molecule has 0 aliphatic heterocycles. The number of carbonyl (C=O) groups excluding carboxylic acids is 1. The lowest BCUT2D eigenvalue weighted by molar-refractivity contribution is -0.118. The summed E-state index contributed by atoms with van der Waals surface area (Å²) in [4.78, 5) is 24.3. The first-order valence-electron chi connectivity index (χ1n) is 9.78. The van der Waals surface area contributed by atoms with Gasteiger partial charge in [0, 0.05) is 23.2 Å². The molecule has 0 aliphatic carbocycles. The summed E-state index contributed by atoms with van der Waals surface area (Å²) in [6, 6.07) is 24.0. The Morgan fingerprint density at radius 3 is 2.53 bits per heavy atom. The molecule has 0 fully saturated rings. The Balaban J connectivity index is 1.53. The second-order valence-corrected chi connectivity index (χ2v) is 6.85. The zero-order valence-electron chi connectivity index (χ0n) is 16.6. The predicted molar refractivity (Wildman–Crippen MR) is 118 cm³/mol. The maximum Gasteiger partial charge on any atom is 0.336 e. The number of ether oxygens (including phenoxy) is 1. The van der Waals surface area contributed by atoms with Crippen LogP contribution in [-0.2, 0) is 11.2 Å². The average molecular weight is 399 g/mol. The summed E-state index contributed by atoms with van der Waals surface area (Å²) in [6.45, 7) is 1.89. The van der Waals surface area contributed by atoms with Crippen molar-refractivity contribution >= 4 is 22.6 Å². The van der Waals surface area contributed by atoms with Gasteiger partial charge >= 0.3 is 5.63 Å². The van der Waals surface area contributed by atoms with E-state index in [1.165, 1.54) is 6.07 Å². The maximum atomic E-state index is 12.3. The summed E-state index contributed by atoms with van der Waals surface area (Å²) < 4.78 is 11.0. The third-order valence-electron chi connectivity index (χ3n) is 4.84. The van der Waals surface area contributed by atoms with Gasteiger partial charge in [-0.3, -0.25) is 4.79 Å². The van der Waals surface area contributed by atoms with Gasteiger partial charge in [-0.25, -0.2) is 4.79 Å². The number of benzene rings is 3. The molecule has 0 radical (unpaired) electrons. The van der Waals surface area contributed by atoms with E-state index in [2.05, 4.69) is 5.32 Å². The molecule has 0 atom stereocenters. The van der Waals surface area contributed by atoms with Gasteiger partial charge in [0.15, 0.2) is 6.61 Å². The molecule has 0 saturated carbocycles. The number of fused-ring (bicyclic) bond motifs is 1. The van der Waals surface area contributed by atoms with E-state index in [4.69, 9.17) is 9.15 Å². The minimum absolute atomic E-state index is 0.147. The topological polar surface area (TPSA) is 68.5 Å². The van der Waals surface area contributed by atoms with E-state index in [1.807, 2.05) is 67.6 Å². The first-order valence-corrected chi connectivity index (χ1v) is 9.78. The molecule has 3 aromatic carbocycles. The fourth-order valence-corrected chi connectivity index (χ4v) is 3.38. The second-order valence-electron chi connectivity index (χ2n) is 6.85. The molecule has 0 aliphatic rings. The first-order chi connectivity index (χ1) is 14.6. The van der Waals surface area contributed by atoms with E-state index < -0.39 is 5.63 Å². The molecule has 1 aromatic heterocycles. The van der Waals surface area contributed by atoms with Crippen LogP contribution in [0.4, 0.5) is 5.69 Å². The Bertz CT molecular complexity index is 1240. The molecular formula is C25H21NO4. The van der Waals surface area contributed by atoms with Gasteiger partial charge in [0.25, 0.3) is 5.91 Å². The van der Waals surface area contributed by atoms with Crippen molar-refractivity contribution in [2.45, 2.75) is 13.3 Å². The molecule has 1 N–H and O–H groups in total. The van der Waals surface area contributed by atoms with Gasteiger partial charge in [0.05, 0.1) is 0 Å². The quantitative estimate of drug-likeness (QED) is 0.461. The number of carbonyl (C=O) groups is 1. The number of para-hydroxylation sites is 1. The van der Waals surface area contributed by atoms with Crippen LogP contribution in [0.3, 0.4) is 0 Å². The van der Waals surface area contributed by atoms with Crippen LogP contribution in [0.2, 0.25) is 0 Å². The third kappa shape index (κ3) is 4.25. The molecule has 0 unspecified atom stereocenters. The van der Waals surface area contributed by atoms with Crippen LogP contribution in [0.25, 0.3) is 22.1 Å². The smallest absolute Gasteiger partial charge is 0.336 e. The van der Waals surface area contributed by atoms with Gasteiger partial charge in [-0.1, -0.05) is 55.5 Å². The Morgan fingerprint density at radius 1 is 0.967 bits per heavy atom. The highest BCUT2D eigenvalue weighted by atomic mass is 16.5. The minimum atomic E-state index is -0.438. The van der Waals surface area contributed by atoms with Gasteiger partial charge in [0.1, 0.15) is 11.3 Å². The van der Waals surface area contributed by atoms with Gasteiger partial charge in [-0.15, -0.1) is 0 Å². The van der Waals surface area contributed by atoms with Crippen molar-refractivity contribution in [3.63, 3.8) is 0 Å². The largest absolute Gasteiger partial charge is 0.484 e. The van der Waals surface area contributed by atoms with Crippen LogP contribution in [0.15, 0.2) is 88.1 Å². The highest BCUT2D eigenvalue weighted by molar-refractivity contribution is 5.94. The molecule has 5 nitrogen and oxygen atoms in total. The minimum Gasteiger partial charge on any atom is -0.484 e. The number of hydrogen-bond donors (Lipinski definition) is 1. The van der Waals surface area contributed by atoms with Crippen LogP contribution < -0.4 is 15.7 Å². The van der Waals surface area contributed by atoms with Crippen LogP contribution in [0.1, 0.15) is 12.5 Å². The van der Waals surface area contributed by atoms with Crippen molar-refractivity contribution in [1.82, 2.24) is 0 Å². The number of nitrogens with one attached hydrogen (secondary N) is 1. The van der Waals surface area contributed by atoms with E-state index in [1.54, 1.807) is 12.1 Å².